The van der Waals surface area contributed by atoms with Crippen molar-refractivity contribution in [3.8, 4) is 6.01 Å². The van der Waals surface area contributed by atoms with Gasteiger partial charge in [0.1, 0.15) is 12.3 Å². The molecule has 2 amide bonds. The van der Waals surface area contributed by atoms with Gasteiger partial charge in [0, 0.05) is 55.6 Å². The number of H-pyrrole nitrogens is 1. The van der Waals surface area contributed by atoms with Crippen LogP contribution in [0.1, 0.15) is 12.8 Å². The molecular weight excluding hydrogens is 444 g/mol. The largest absolute Gasteiger partial charge is 0.460 e. The van der Waals surface area contributed by atoms with Gasteiger partial charge in [-0.15, -0.1) is 4.37 Å². The van der Waals surface area contributed by atoms with E-state index in [1.807, 2.05) is 17.2 Å². The minimum Gasteiger partial charge on any atom is -0.460 e. The number of hydrogen-bond donors (Lipinski definition) is 3. The number of fused-ring (bicyclic) bond motifs is 2. The molecule has 11 nitrogen and oxygen atoms in total. The molecule has 1 unspecified atom stereocenters. The Morgan fingerprint density at radius 2 is 2.18 bits per heavy atom. The van der Waals surface area contributed by atoms with Crippen LogP contribution < -0.4 is 15.4 Å². The van der Waals surface area contributed by atoms with Crippen molar-refractivity contribution in [1.82, 2.24) is 24.2 Å². The number of carbonyl (C=O) groups excluding carboxylic acids is 1. The third kappa shape index (κ3) is 4.42. The monoisotopic (exact) mass is 468 g/mol. The number of hydrogen-bond acceptors (Lipinski definition) is 8. The fourth-order valence-corrected chi connectivity index (χ4v) is 5.24. The van der Waals surface area contributed by atoms with Crippen molar-refractivity contribution >= 4 is 45.1 Å². The zero-order valence-corrected chi connectivity index (χ0v) is 18.9. The van der Waals surface area contributed by atoms with Crippen LogP contribution in [0.3, 0.4) is 0 Å². The van der Waals surface area contributed by atoms with Crippen molar-refractivity contribution in [2.75, 3.05) is 44.0 Å². The molecule has 3 aromatic heterocycles. The van der Waals surface area contributed by atoms with Crippen LogP contribution in [-0.2, 0) is 4.74 Å². The van der Waals surface area contributed by atoms with E-state index < -0.39 is 0 Å². The zero-order valence-electron chi connectivity index (χ0n) is 18.1. The van der Waals surface area contributed by atoms with Gasteiger partial charge in [-0.1, -0.05) is 0 Å². The molecule has 2 fully saturated rings. The first-order chi connectivity index (χ1) is 16.1. The predicted octanol–water partition coefficient (Wildman–Crippen LogP) is 3.34. The van der Waals surface area contributed by atoms with Gasteiger partial charge >= 0.3 is 12.0 Å². The first-order valence-electron chi connectivity index (χ1n) is 10.8. The van der Waals surface area contributed by atoms with E-state index in [0.29, 0.717) is 49.0 Å². The number of rotatable bonds is 7. The van der Waals surface area contributed by atoms with Gasteiger partial charge in [0.2, 0.25) is 10.8 Å². The summed E-state index contributed by atoms with van der Waals surface area (Å²) >= 11 is 1.10. The molecule has 172 valence electrons. The Labute approximate surface area is 194 Å². The summed E-state index contributed by atoms with van der Waals surface area (Å²) in [6, 6.07) is 2.29. The average molecular weight is 469 g/mol. The maximum absolute atomic E-state index is 12.7. The second-order valence-electron chi connectivity index (χ2n) is 8.26. The number of urea groups is 1. The molecule has 3 N–H and O–H groups in total. The minimum absolute atomic E-state index is 0.160. The summed E-state index contributed by atoms with van der Waals surface area (Å²) in [5, 5.41) is 7.78. The zero-order chi connectivity index (χ0) is 22.8. The highest BCUT2D eigenvalue weighted by Gasteiger charge is 2.42. The van der Waals surface area contributed by atoms with Gasteiger partial charge in [-0.05, 0) is 30.7 Å². The van der Waals surface area contributed by atoms with Crippen molar-refractivity contribution in [3.63, 3.8) is 0 Å². The molecule has 1 aliphatic carbocycles. The highest BCUT2D eigenvalue weighted by atomic mass is 32.1. The number of ether oxygens (including phenoxy) is 2. The lowest BCUT2D eigenvalue weighted by molar-refractivity contribution is 0.141. The Kier molecular flexibility index (Phi) is 5.97. The van der Waals surface area contributed by atoms with Gasteiger partial charge in [0.05, 0.1) is 18.9 Å². The van der Waals surface area contributed by atoms with E-state index >= 15 is 0 Å². The van der Waals surface area contributed by atoms with Crippen LogP contribution in [-0.4, -0.2) is 69.7 Å². The second-order valence-corrected chi connectivity index (χ2v) is 9.01. The lowest BCUT2D eigenvalue weighted by Crippen LogP contribution is -2.34. The predicted molar refractivity (Wildman–Crippen MR) is 124 cm³/mol. The van der Waals surface area contributed by atoms with Crippen LogP contribution in [0, 0.1) is 18.4 Å². The van der Waals surface area contributed by atoms with Crippen LogP contribution in [0.2, 0.25) is 0 Å². The van der Waals surface area contributed by atoms with Crippen LogP contribution >= 0.6 is 11.5 Å². The Hall–Kier alpha value is -3.43. The second kappa shape index (κ2) is 9.21. The summed E-state index contributed by atoms with van der Waals surface area (Å²) < 4.78 is 14.4. The quantitative estimate of drug-likeness (QED) is 0.359. The van der Waals surface area contributed by atoms with Crippen LogP contribution in [0.4, 0.5) is 21.3 Å². The maximum atomic E-state index is 12.7. The third-order valence-corrected chi connectivity index (χ3v) is 6.83. The van der Waals surface area contributed by atoms with Crippen molar-refractivity contribution in [2.45, 2.75) is 18.9 Å². The smallest absolute Gasteiger partial charge is 0.330 e. The number of aromatic nitrogens is 4. The first kappa shape index (κ1) is 21.4. The van der Waals surface area contributed by atoms with E-state index in [-0.39, 0.29) is 18.1 Å². The van der Waals surface area contributed by atoms with E-state index in [9.17, 15) is 4.79 Å². The number of aromatic amines is 1. The van der Waals surface area contributed by atoms with Crippen LogP contribution in [0.25, 0.3) is 15.9 Å². The van der Waals surface area contributed by atoms with Gasteiger partial charge in [-0.25, -0.2) is 9.64 Å². The summed E-state index contributed by atoms with van der Waals surface area (Å²) in [5.74, 6) is 0.853. The highest BCUT2D eigenvalue weighted by molar-refractivity contribution is 7.10. The summed E-state index contributed by atoms with van der Waals surface area (Å²) in [5.41, 5.74) is 2.15. The Bertz CT molecular complexity index is 1170. The molecule has 0 spiro atoms. The van der Waals surface area contributed by atoms with Crippen molar-refractivity contribution in [2.24, 2.45) is 11.8 Å². The van der Waals surface area contributed by atoms with E-state index in [1.165, 1.54) is 0 Å². The maximum Gasteiger partial charge on any atom is 0.330 e. The Morgan fingerprint density at radius 3 is 2.94 bits per heavy atom. The van der Waals surface area contributed by atoms with E-state index in [0.717, 1.165) is 41.1 Å². The normalized spacial score (nSPS) is 21.7. The number of anilines is 2. The van der Waals surface area contributed by atoms with Crippen molar-refractivity contribution in [3.05, 3.63) is 29.9 Å². The lowest BCUT2D eigenvalue weighted by atomic mass is 10.0. The molecule has 3 aromatic rings. The lowest BCUT2D eigenvalue weighted by Gasteiger charge is -2.21. The molecule has 4 heterocycles. The molecule has 0 bridgehead atoms. The number of nitrogens with one attached hydrogen (secondary N) is 3. The average Bonchev–Trinajstić information content (AvgIpc) is 3.58. The molecule has 1 saturated carbocycles. The minimum atomic E-state index is -0.160. The molecule has 2 aliphatic rings. The van der Waals surface area contributed by atoms with Crippen molar-refractivity contribution in [1.29, 1.82) is 0 Å². The molecule has 1 aliphatic heterocycles. The standard InChI is InChI=1S/C21H24N8O3S/c1-22-16-9-24-18-15(3-4-23-18)17(16)25-14-7-12-10-29(11-13(12)8-14)21(30)27-20-26-19(28-33-20)32-6-5-31-2/h3-4,9,12-14H,5-8,10-11H2,2H3,(H2,23,24,25)(H,26,27,28,30)/t12-,13+,14?. The first-order valence-corrected chi connectivity index (χ1v) is 11.5. The Morgan fingerprint density at radius 1 is 1.36 bits per heavy atom. The van der Waals surface area contributed by atoms with Crippen molar-refractivity contribution < 1.29 is 14.3 Å². The van der Waals surface area contributed by atoms with Gasteiger partial charge in [0.25, 0.3) is 0 Å². The van der Waals surface area contributed by atoms with Crippen LogP contribution in [0.5, 0.6) is 6.01 Å². The number of carbonyl (C=O) groups is 1. The molecular formula is C21H24N8O3S. The van der Waals surface area contributed by atoms with E-state index in [2.05, 4.69) is 34.8 Å². The number of likely N-dealkylation sites (tertiary alicyclic amines) is 1. The molecule has 0 aromatic carbocycles. The summed E-state index contributed by atoms with van der Waals surface area (Å²) in [4.78, 5) is 29.8. The van der Waals surface area contributed by atoms with Gasteiger partial charge in [-0.2, -0.15) is 4.98 Å². The molecule has 1 saturated heterocycles. The van der Waals surface area contributed by atoms with Gasteiger partial charge in [-0.3, -0.25) is 10.3 Å². The fourth-order valence-electron chi connectivity index (χ4n) is 4.73. The topological polar surface area (TPSA) is 122 Å². The van der Waals surface area contributed by atoms with E-state index in [1.54, 1.807) is 13.3 Å². The molecule has 33 heavy (non-hydrogen) atoms. The van der Waals surface area contributed by atoms with E-state index in [4.69, 9.17) is 16.0 Å². The molecule has 12 heteroatoms. The third-order valence-electron chi connectivity index (χ3n) is 6.21. The molecule has 0 radical (unpaired) electrons. The summed E-state index contributed by atoms with van der Waals surface area (Å²) in [6.45, 7) is 9.70. The summed E-state index contributed by atoms with van der Waals surface area (Å²) in [6.07, 6.45) is 5.35. The SMILES string of the molecule is [C-]#[N+]c1cnc2[nH]ccc2c1NC1C[C@@H]2CN(C(=O)Nc3nc(OCCOC)ns3)C[C@@H]2C1. The number of amides is 2. The Balaban J connectivity index is 1.16. The number of methoxy groups -OCH3 is 1. The summed E-state index contributed by atoms with van der Waals surface area (Å²) in [7, 11) is 1.59. The van der Waals surface area contributed by atoms with Crippen LogP contribution in [0.15, 0.2) is 18.5 Å². The number of nitrogens with zero attached hydrogens (tertiary/aromatic N) is 5. The highest BCUT2D eigenvalue weighted by Crippen LogP contribution is 2.41. The van der Waals surface area contributed by atoms with Gasteiger partial charge < -0.3 is 24.7 Å². The molecule has 5 rings (SSSR count). The fraction of sp³-hybridized carbons (Fsp3) is 0.476. The molecule has 3 atom stereocenters. The van der Waals surface area contributed by atoms with Gasteiger partial charge in [0.15, 0.2) is 0 Å². The number of pyridine rings is 1.